The van der Waals surface area contributed by atoms with Gasteiger partial charge in [0.15, 0.2) is 0 Å². The molecule has 308 valence electrons. The Balaban J connectivity index is 0.869. The number of allylic oxidation sites excluding steroid dienone is 1. The number of aromatic nitrogens is 3. The van der Waals surface area contributed by atoms with E-state index in [9.17, 15) is 0 Å². The highest BCUT2D eigenvalue weighted by Crippen LogP contribution is 2.49. The highest BCUT2D eigenvalue weighted by Gasteiger charge is 2.32. The number of nitrogens with zero attached hydrogens (tertiary/aromatic N) is 3. The molecule has 2 aliphatic carbocycles. The largest absolute Gasteiger partial charge is 0.313 e. The normalized spacial score (nSPS) is 18.7. The van der Waals surface area contributed by atoms with Crippen LogP contribution in [0.2, 0.25) is 0 Å². The van der Waals surface area contributed by atoms with Crippen LogP contribution >= 0.6 is 0 Å². The molecule has 2 aliphatic rings. The van der Waals surface area contributed by atoms with Gasteiger partial charge in [-0.05, 0) is 133 Å². The highest BCUT2D eigenvalue weighted by atomic mass is 15.0. The maximum absolute atomic E-state index is 2.53. The minimum atomic E-state index is 0.432. The van der Waals surface area contributed by atoms with Crippen molar-refractivity contribution in [2.75, 3.05) is 0 Å². The van der Waals surface area contributed by atoms with E-state index >= 15 is 0 Å². The first-order valence-electron chi connectivity index (χ1n) is 23.2. The smallest absolute Gasteiger partial charge is 0.0541 e. The second-order valence-corrected chi connectivity index (χ2v) is 18.6. The van der Waals surface area contributed by atoms with Gasteiger partial charge in [-0.2, -0.15) is 0 Å². The summed E-state index contributed by atoms with van der Waals surface area (Å²) in [6.07, 6.45) is 9.17. The molecule has 8 aromatic carbocycles. The summed E-state index contributed by atoms with van der Waals surface area (Å²) in [6.45, 7) is 2.33. The van der Waals surface area contributed by atoms with Crippen molar-refractivity contribution in [2.45, 2.75) is 50.4 Å². The monoisotopic (exact) mass is 823 g/mol. The number of benzene rings is 8. The molecule has 3 heterocycles. The molecule has 1 saturated carbocycles. The van der Waals surface area contributed by atoms with Gasteiger partial charge in [0.25, 0.3) is 0 Å². The van der Waals surface area contributed by atoms with E-state index in [4.69, 9.17) is 0 Å². The summed E-state index contributed by atoms with van der Waals surface area (Å²) in [5.74, 6) is 1.82. The minimum Gasteiger partial charge on any atom is -0.313 e. The second kappa shape index (κ2) is 14.9. The number of hydrogen-bond acceptors (Lipinski definition) is 0. The third kappa shape index (κ3) is 5.94. The quantitative estimate of drug-likeness (QED) is 0.159. The zero-order valence-corrected chi connectivity index (χ0v) is 36.1. The van der Waals surface area contributed by atoms with Crippen molar-refractivity contribution in [1.29, 1.82) is 0 Å². The van der Waals surface area contributed by atoms with Crippen molar-refractivity contribution < 1.29 is 0 Å². The van der Waals surface area contributed by atoms with Crippen LogP contribution in [0.25, 0.3) is 77.7 Å². The zero-order chi connectivity index (χ0) is 42.3. The van der Waals surface area contributed by atoms with Crippen molar-refractivity contribution in [3.63, 3.8) is 0 Å². The van der Waals surface area contributed by atoms with E-state index in [2.05, 4.69) is 227 Å². The standard InChI is InChI=1S/C61H49N3/c1-40-22-35-55-54-16-6-11-21-60(54)64(61(55)36-40)49-33-27-43(28-34-49)46-38-44(41-23-29-47(30-24-41)62-56-17-7-2-12-50(56)51-13-3-8-18-57(51)62)37-45(39-46)42-25-31-48(32-26-42)63-58-19-9-4-14-52(58)53-15-5-10-20-59(53)63/h2-35,40,44-46H,36-39H2,1H3. The third-order valence-electron chi connectivity index (χ3n) is 14.9. The van der Waals surface area contributed by atoms with Crippen LogP contribution in [0.3, 0.4) is 0 Å². The predicted octanol–water partition coefficient (Wildman–Crippen LogP) is 15.9. The average molecular weight is 824 g/mol. The number of hydrogen-bond donors (Lipinski definition) is 0. The van der Waals surface area contributed by atoms with Crippen LogP contribution in [0.15, 0.2) is 200 Å². The van der Waals surface area contributed by atoms with E-state index in [1.54, 1.807) is 0 Å². The molecule has 0 N–H and O–H groups in total. The van der Waals surface area contributed by atoms with Gasteiger partial charge in [-0.25, -0.2) is 0 Å². The summed E-state index contributed by atoms with van der Waals surface area (Å²) in [5.41, 5.74) is 17.1. The van der Waals surface area contributed by atoms with Crippen LogP contribution in [-0.4, -0.2) is 13.7 Å². The van der Waals surface area contributed by atoms with E-state index in [0.29, 0.717) is 23.7 Å². The summed E-state index contributed by atoms with van der Waals surface area (Å²) in [4.78, 5) is 0. The molecule has 0 aliphatic heterocycles. The lowest BCUT2D eigenvalue weighted by Crippen LogP contribution is -2.20. The fraction of sp³-hybridized carbons (Fsp3) is 0.148. The van der Waals surface area contributed by atoms with Gasteiger partial charge in [0.2, 0.25) is 0 Å². The van der Waals surface area contributed by atoms with E-state index in [1.807, 2.05) is 0 Å². The predicted molar refractivity (Wildman–Crippen MR) is 269 cm³/mol. The maximum atomic E-state index is 2.53. The second-order valence-electron chi connectivity index (χ2n) is 18.6. The molecule has 3 atom stereocenters. The number of rotatable bonds is 6. The first-order valence-corrected chi connectivity index (χ1v) is 23.2. The van der Waals surface area contributed by atoms with Crippen LogP contribution in [-0.2, 0) is 6.42 Å². The van der Waals surface area contributed by atoms with E-state index in [1.165, 1.54) is 99.5 Å². The van der Waals surface area contributed by atoms with Crippen LogP contribution < -0.4 is 0 Å². The zero-order valence-electron chi connectivity index (χ0n) is 36.1. The Morgan fingerprint density at radius 3 is 1.03 bits per heavy atom. The molecule has 3 heteroatoms. The lowest BCUT2D eigenvalue weighted by Gasteiger charge is -2.36. The molecule has 0 spiro atoms. The summed E-state index contributed by atoms with van der Waals surface area (Å²) < 4.78 is 7.39. The molecule has 0 radical (unpaired) electrons. The van der Waals surface area contributed by atoms with Gasteiger partial charge in [0.1, 0.15) is 0 Å². The van der Waals surface area contributed by atoms with Crippen molar-refractivity contribution in [1.82, 2.24) is 13.7 Å². The van der Waals surface area contributed by atoms with Crippen LogP contribution in [0.4, 0.5) is 0 Å². The molecule has 3 unspecified atom stereocenters. The van der Waals surface area contributed by atoms with Crippen molar-refractivity contribution >= 4 is 60.6 Å². The molecular weight excluding hydrogens is 775 g/mol. The first kappa shape index (κ1) is 37.2. The van der Waals surface area contributed by atoms with Gasteiger partial charge in [-0.1, -0.05) is 146 Å². The Bertz CT molecular complexity index is 3300. The molecule has 64 heavy (non-hydrogen) atoms. The van der Waals surface area contributed by atoms with Gasteiger partial charge in [0.05, 0.1) is 27.6 Å². The Morgan fingerprint density at radius 2 is 0.656 bits per heavy atom. The Morgan fingerprint density at radius 1 is 0.344 bits per heavy atom. The van der Waals surface area contributed by atoms with E-state index in [-0.39, 0.29) is 0 Å². The molecule has 0 saturated heterocycles. The molecular formula is C61H49N3. The Labute approximate surface area is 374 Å². The number of para-hydroxylation sites is 5. The lowest BCUT2D eigenvalue weighted by molar-refractivity contribution is 0.351. The molecule has 3 aromatic heterocycles. The first-order chi connectivity index (χ1) is 31.6. The Hall–Kier alpha value is -7.36. The van der Waals surface area contributed by atoms with Gasteiger partial charge in [0, 0.05) is 55.3 Å². The van der Waals surface area contributed by atoms with Crippen LogP contribution in [0, 0.1) is 5.92 Å². The molecule has 0 bridgehead atoms. The molecule has 3 nitrogen and oxygen atoms in total. The average Bonchev–Trinajstić information content (AvgIpc) is 3.99. The molecule has 13 rings (SSSR count). The van der Waals surface area contributed by atoms with Crippen LogP contribution in [0.5, 0.6) is 0 Å². The molecule has 11 aromatic rings. The summed E-state index contributed by atoms with van der Waals surface area (Å²) in [6, 6.07) is 73.0. The fourth-order valence-corrected chi connectivity index (χ4v) is 11.9. The van der Waals surface area contributed by atoms with Crippen molar-refractivity contribution in [3.8, 4) is 17.1 Å². The summed E-state index contributed by atoms with van der Waals surface area (Å²) >= 11 is 0. The summed E-state index contributed by atoms with van der Waals surface area (Å²) in [5, 5.41) is 6.53. The third-order valence-corrected chi connectivity index (χ3v) is 14.9. The topological polar surface area (TPSA) is 14.8 Å². The van der Waals surface area contributed by atoms with Gasteiger partial charge in [-0.3, -0.25) is 0 Å². The fourth-order valence-electron chi connectivity index (χ4n) is 11.9. The van der Waals surface area contributed by atoms with Gasteiger partial charge >= 0.3 is 0 Å². The van der Waals surface area contributed by atoms with Crippen LogP contribution in [0.1, 0.15) is 71.9 Å². The van der Waals surface area contributed by atoms with Gasteiger partial charge < -0.3 is 13.7 Å². The Kier molecular flexibility index (Phi) is 8.66. The van der Waals surface area contributed by atoms with Gasteiger partial charge in [-0.15, -0.1) is 0 Å². The van der Waals surface area contributed by atoms with Crippen molar-refractivity contribution in [3.05, 3.63) is 228 Å². The summed E-state index contributed by atoms with van der Waals surface area (Å²) in [7, 11) is 0. The number of fused-ring (bicyclic) bond motifs is 9. The molecule has 0 amide bonds. The SMILES string of the molecule is CC1C=Cc2c(n(-c3ccc(C4CC(c5ccc(-n6c7ccccc7c7ccccc76)cc5)CC(c5ccc(-n6c7ccccc7c7ccccc76)cc5)C4)cc3)c3ccccc23)C1. The minimum absolute atomic E-state index is 0.432. The molecule has 1 fully saturated rings. The highest BCUT2D eigenvalue weighted by molar-refractivity contribution is 6.10. The van der Waals surface area contributed by atoms with E-state index in [0.717, 1.165) is 25.7 Å². The van der Waals surface area contributed by atoms with Crippen molar-refractivity contribution in [2.24, 2.45) is 5.92 Å². The maximum Gasteiger partial charge on any atom is 0.0541 e. The van der Waals surface area contributed by atoms with E-state index < -0.39 is 0 Å². The lowest BCUT2D eigenvalue weighted by atomic mass is 9.68.